The van der Waals surface area contributed by atoms with Gasteiger partial charge in [-0.05, 0) is 12.0 Å². The molecule has 5 aliphatic rings. The summed E-state index contributed by atoms with van der Waals surface area (Å²) in [4.78, 5) is 35.0. The van der Waals surface area contributed by atoms with Gasteiger partial charge in [-0.15, -0.1) is 0 Å². The van der Waals surface area contributed by atoms with Crippen molar-refractivity contribution in [3.8, 4) is 0 Å². The molecule has 26 heavy (non-hydrogen) atoms. The quantitative estimate of drug-likeness (QED) is 0.419. The van der Waals surface area contributed by atoms with E-state index < -0.39 is 5.41 Å². The van der Waals surface area contributed by atoms with Crippen molar-refractivity contribution in [1.29, 1.82) is 0 Å². The van der Waals surface area contributed by atoms with Crippen LogP contribution in [0.4, 0.5) is 0 Å². The Morgan fingerprint density at radius 2 is 1.81 bits per heavy atom. The molecule has 0 amide bonds. The molecular weight excluding hydrogens is 340 g/mol. The largest absolute Gasteiger partial charge is 0.460 e. The van der Waals surface area contributed by atoms with E-state index >= 15 is 0 Å². The first-order valence-corrected chi connectivity index (χ1v) is 9.26. The second-order valence-corrected chi connectivity index (χ2v) is 8.15. The van der Waals surface area contributed by atoms with Gasteiger partial charge >= 0.3 is 11.9 Å². The molecule has 4 fully saturated rings. The Hall–Kier alpha value is -1.73. The molecule has 7 heteroatoms. The molecule has 0 N–H and O–H groups in total. The van der Waals surface area contributed by atoms with Crippen LogP contribution in [0.25, 0.3) is 0 Å². The van der Waals surface area contributed by atoms with Gasteiger partial charge in [-0.2, -0.15) is 0 Å². The van der Waals surface area contributed by atoms with Crippen molar-refractivity contribution in [2.24, 2.45) is 17.3 Å². The summed E-state index contributed by atoms with van der Waals surface area (Å²) in [5.41, 5.74) is 0.484. The summed E-state index contributed by atoms with van der Waals surface area (Å²) in [5, 5.41) is 0. The Morgan fingerprint density at radius 3 is 2.50 bits per heavy atom. The van der Waals surface area contributed by atoms with E-state index in [1.807, 2.05) is 0 Å². The van der Waals surface area contributed by atoms with Crippen molar-refractivity contribution >= 4 is 18.2 Å². The number of hydrogen-bond donors (Lipinski definition) is 0. The molecular formula is C19H22O7. The highest BCUT2D eigenvalue weighted by atomic mass is 16.6. The topological polar surface area (TPSA) is 88.1 Å². The molecule has 140 valence electrons. The Bertz CT molecular complexity index is 715. The van der Waals surface area contributed by atoms with Crippen LogP contribution < -0.4 is 0 Å². The first-order chi connectivity index (χ1) is 12.4. The van der Waals surface area contributed by atoms with Crippen LogP contribution in [0.1, 0.15) is 33.1 Å². The number of aldehydes is 1. The molecule has 1 aliphatic carbocycles. The summed E-state index contributed by atoms with van der Waals surface area (Å²) >= 11 is 0. The number of rotatable bonds is 3. The van der Waals surface area contributed by atoms with E-state index in [2.05, 4.69) is 6.08 Å². The fourth-order valence-electron chi connectivity index (χ4n) is 6.18. The van der Waals surface area contributed by atoms with Crippen molar-refractivity contribution in [2.75, 3.05) is 0 Å². The Morgan fingerprint density at radius 1 is 1.12 bits per heavy atom. The highest BCUT2D eigenvalue weighted by Gasteiger charge is 2.71. The van der Waals surface area contributed by atoms with Crippen molar-refractivity contribution in [3.05, 3.63) is 11.6 Å². The third kappa shape index (κ3) is 1.98. The maximum Gasteiger partial charge on any atom is 0.303 e. The molecule has 0 radical (unpaired) electrons. The third-order valence-electron chi connectivity index (χ3n) is 6.84. The lowest BCUT2D eigenvalue weighted by molar-refractivity contribution is -0.155. The molecule has 5 rings (SSSR count). The van der Waals surface area contributed by atoms with Crippen molar-refractivity contribution in [3.63, 3.8) is 0 Å². The third-order valence-corrected chi connectivity index (χ3v) is 6.84. The standard InChI is InChI=1S/C19H22O7/c1-8(21)23-13-5-11-15-10(17(13)25-11)3-4-19(7-20)16(15)12-6-14(18(19)26-12)24-9(2)22/h3,7,11-18H,4-6H2,1-2H3/t11-,12-,13-,14-,15+,16+,17-,18+,19+/m1/s1. The first kappa shape index (κ1) is 16.4. The number of carbonyl (C=O) groups excluding carboxylic acids is 3. The Labute approximate surface area is 151 Å². The van der Waals surface area contributed by atoms with Crippen molar-refractivity contribution < 1.29 is 33.3 Å². The van der Waals surface area contributed by atoms with Gasteiger partial charge < -0.3 is 23.7 Å². The minimum atomic E-state index is -0.665. The van der Waals surface area contributed by atoms with Gasteiger partial charge in [0.05, 0.1) is 17.6 Å². The number of fused-ring (bicyclic) bond motifs is 11. The summed E-state index contributed by atoms with van der Waals surface area (Å²) in [7, 11) is 0. The van der Waals surface area contributed by atoms with Crippen LogP contribution in [-0.2, 0) is 33.3 Å². The number of ether oxygens (including phenoxy) is 4. The number of carbonyl (C=O) groups is 3. The molecule has 4 bridgehead atoms. The summed E-state index contributed by atoms with van der Waals surface area (Å²) < 4.78 is 23.1. The second-order valence-electron chi connectivity index (χ2n) is 8.15. The van der Waals surface area contributed by atoms with E-state index in [0.29, 0.717) is 19.3 Å². The van der Waals surface area contributed by atoms with Gasteiger partial charge in [-0.3, -0.25) is 9.59 Å². The van der Waals surface area contributed by atoms with Crippen molar-refractivity contribution in [2.45, 2.75) is 69.7 Å². The Balaban J connectivity index is 1.46. The number of hydrogen-bond acceptors (Lipinski definition) is 7. The van der Waals surface area contributed by atoms with Crippen LogP contribution in [-0.4, -0.2) is 54.8 Å². The van der Waals surface area contributed by atoms with Crippen LogP contribution in [0.2, 0.25) is 0 Å². The maximum absolute atomic E-state index is 12.2. The number of esters is 2. The Kier molecular flexibility index (Phi) is 3.41. The van der Waals surface area contributed by atoms with E-state index in [1.165, 1.54) is 13.8 Å². The van der Waals surface area contributed by atoms with Gasteiger partial charge in [0.2, 0.25) is 0 Å². The van der Waals surface area contributed by atoms with Gasteiger partial charge in [0.15, 0.2) is 0 Å². The fraction of sp³-hybridized carbons (Fsp3) is 0.737. The van der Waals surface area contributed by atoms with E-state index in [9.17, 15) is 14.4 Å². The minimum absolute atomic E-state index is 0.0325. The molecule has 0 aromatic rings. The average molecular weight is 362 g/mol. The van der Waals surface area contributed by atoms with Gasteiger partial charge in [0, 0.05) is 38.5 Å². The van der Waals surface area contributed by atoms with Crippen LogP contribution in [0, 0.1) is 17.3 Å². The lowest BCUT2D eigenvalue weighted by Crippen LogP contribution is -2.55. The molecule has 0 spiro atoms. The first-order valence-electron chi connectivity index (χ1n) is 9.26. The molecule has 4 aliphatic heterocycles. The fourth-order valence-corrected chi connectivity index (χ4v) is 6.18. The van der Waals surface area contributed by atoms with E-state index in [4.69, 9.17) is 18.9 Å². The van der Waals surface area contributed by atoms with E-state index in [-0.39, 0.29) is 60.4 Å². The predicted molar refractivity (Wildman–Crippen MR) is 85.8 cm³/mol. The minimum Gasteiger partial charge on any atom is -0.460 e. The highest BCUT2D eigenvalue weighted by Crippen LogP contribution is 2.64. The monoisotopic (exact) mass is 362 g/mol. The summed E-state index contributed by atoms with van der Waals surface area (Å²) in [6.45, 7) is 2.80. The van der Waals surface area contributed by atoms with Crippen LogP contribution in [0.5, 0.6) is 0 Å². The molecule has 9 atom stereocenters. The van der Waals surface area contributed by atoms with Crippen molar-refractivity contribution in [1.82, 2.24) is 0 Å². The zero-order chi connectivity index (χ0) is 18.2. The zero-order valence-corrected chi connectivity index (χ0v) is 14.8. The normalized spacial score (nSPS) is 50.0. The predicted octanol–water partition coefficient (Wildman–Crippen LogP) is 0.940. The van der Waals surface area contributed by atoms with Crippen LogP contribution in [0.15, 0.2) is 11.6 Å². The maximum atomic E-state index is 12.2. The summed E-state index contributed by atoms with van der Waals surface area (Å²) in [6.07, 6.45) is 3.55. The summed E-state index contributed by atoms with van der Waals surface area (Å²) in [5.74, 6) is -0.499. The molecule has 0 unspecified atom stereocenters. The highest BCUT2D eigenvalue weighted by molar-refractivity contribution is 5.68. The smallest absolute Gasteiger partial charge is 0.303 e. The molecule has 4 saturated heterocycles. The lowest BCUT2D eigenvalue weighted by atomic mass is 9.54. The molecule has 0 aromatic carbocycles. The summed E-state index contributed by atoms with van der Waals surface area (Å²) in [6, 6.07) is 0. The van der Waals surface area contributed by atoms with E-state index in [1.54, 1.807) is 0 Å². The van der Waals surface area contributed by atoms with Crippen LogP contribution >= 0.6 is 0 Å². The SMILES string of the molecule is CC(=O)O[C@@H]1C[C@H]2O[C@@H]1C1=CC[C@]3(C=O)[C@H]([C@@H]12)[C@H]1C[C@@H](OC(C)=O)[C@@H]3O1. The zero-order valence-electron chi connectivity index (χ0n) is 14.8. The van der Waals surface area contributed by atoms with Gasteiger partial charge in [-0.25, -0.2) is 0 Å². The average Bonchev–Trinajstić information content (AvgIpc) is 3.31. The molecule has 0 saturated carbocycles. The number of allylic oxidation sites excluding steroid dienone is 1. The van der Waals surface area contributed by atoms with Gasteiger partial charge in [-0.1, -0.05) is 6.08 Å². The molecule has 7 nitrogen and oxygen atoms in total. The molecule has 4 heterocycles. The van der Waals surface area contributed by atoms with E-state index in [0.717, 1.165) is 11.9 Å². The van der Waals surface area contributed by atoms with Crippen LogP contribution in [0.3, 0.4) is 0 Å². The van der Waals surface area contributed by atoms with Gasteiger partial charge in [0.25, 0.3) is 0 Å². The van der Waals surface area contributed by atoms with Gasteiger partial charge in [0.1, 0.15) is 30.7 Å². The lowest BCUT2D eigenvalue weighted by Gasteiger charge is -2.47. The molecule has 0 aromatic heterocycles. The second kappa shape index (κ2) is 5.39.